The molecule has 1 aliphatic rings. The number of aliphatic hydroxyl groups excluding tert-OH is 2. The van der Waals surface area contributed by atoms with Crippen LogP contribution in [0.1, 0.15) is 25.7 Å². The summed E-state index contributed by atoms with van der Waals surface area (Å²) >= 11 is 0. The fraction of sp³-hybridized carbons (Fsp3) is 0.429. The molecule has 0 unspecified atom stereocenters. The lowest BCUT2D eigenvalue weighted by Crippen LogP contribution is -2.92. The third-order valence-corrected chi connectivity index (χ3v) is 4.89. The van der Waals surface area contributed by atoms with Crippen LogP contribution in [0.3, 0.4) is 0 Å². The highest BCUT2D eigenvalue weighted by Gasteiger charge is 2.22. The van der Waals surface area contributed by atoms with Gasteiger partial charge < -0.3 is 20.3 Å². The standard InChI is InChI=1S/C21H27NO3/c23-19-10-8-18(9-11-19)22-14-20(24)15-25-21-12-6-17(7-13-21)16-4-2-1-3-5-16/h1-7,12-13,18-20,22-24H,8-11,14-15H2/p+1/t18?,19?,20-/m0/s1. The van der Waals surface area contributed by atoms with Crippen molar-refractivity contribution in [3.63, 3.8) is 0 Å². The van der Waals surface area contributed by atoms with E-state index in [1.807, 2.05) is 42.5 Å². The van der Waals surface area contributed by atoms with Crippen LogP contribution in [0.4, 0.5) is 0 Å². The van der Waals surface area contributed by atoms with E-state index in [9.17, 15) is 10.2 Å². The molecule has 0 radical (unpaired) electrons. The van der Waals surface area contributed by atoms with Gasteiger partial charge in [0.1, 0.15) is 25.0 Å². The molecule has 0 saturated heterocycles. The summed E-state index contributed by atoms with van der Waals surface area (Å²) < 4.78 is 5.71. The number of nitrogens with two attached hydrogens (primary N) is 1. The van der Waals surface area contributed by atoms with E-state index in [4.69, 9.17) is 4.74 Å². The third-order valence-electron chi connectivity index (χ3n) is 4.89. The molecule has 1 atom stereocenters. The highest BCUT2D eigenvalue weighted by molar-refractivity contribution is 5.63. The van der Waals surface area contributed by atoms with Crippen LogP contribution in [0.25, 0.3) is 11.1 Å². The van der Waals surface area contributed by atoms with Crippen molar-refractivity contribution in [2.45, 2.75) is 43.9 Å². The maximum atomic E-state index is 10.1. The molecule has 0 amide bonds. The quantitative estimate of drug-likeness (QED) is 0.721. The van der Waals surface area contributed by atoms with E-state index in [1.54, 1.807) is 0 Å². The summed E-state index contributed by atoms with van der Waals surface area (Å²) in [5, 5.41) is 21.8. The molecule has 134 valence electrons. The van der Waals surface area contributed by atoms with E-state index in [-0.39, 0.29) is 6.10 Å². The predicted octanol–water partition coefficient (Wildman–Crippen LogP) is 1.96. The molecule has 1 aliphatic carbocycles. The van der Waals surface area contributed by atoms with Crippen LogP contribution in [0.2, 0.25) is 0 Å². The monoisotopic (exact) mass is 342 g/mol. The molecule has 4 nitrogen and oxygen atoms in total. The Kier molecular flexibility index (Phi) is 6.45. The minimum absolute atomic E-state index is 0.128. The molecule has 4 heteroatoms. The zero-order valence-electron chi connectivity index (χ0n) is 14.6. The molecular weight excluding hydrogens is 314 g/mol. The Labute approximate surface area is 149 Å². The van der Waals surface area contributed by atoms with Gasteiger partial charge in [-0.2, -0.15) is 0 Å². The normalized spacial score (nSPS) is 21.7. The van der Waals surface area contributed by atoms with Gasteiger partial charge in [0, 0.05) is 12.8 Å². The highest BCUT2D eigenvalue weighted by atomic mass is 16.5. The summed E-state index contributed by atoms with van der Waals surface area (Å²) in [6.45, 7) is 0.944. The lowest BCUT2D eigenvalue weighted by Gasteiger charge is -2.24. The van der Waals surface area contributed by atoms with Crippen molar-refractivity contribution in [1.29, 1.82) is 0 Å². The van der Waals surface area contributed by atoms with Crippen LogP contribution in [-0.2, 0) is 0 Å². The van der Waals surface area contributed by atoms with Crippen molar-refractivity contribution in [1.82, 2.24) is 0 Å². The highest BCUT2D eigenvalue weighted by Crippen LogP contribution is 2.22. The summed E-state index contributed by atoms with van der Waals surface area (Å²) in [6.07, 6.45) is 3.19. The van der Waals surface area contributed by atoms with Gasteiger partial charge in [-0.1, -0.05) is 42.5 Å². The molecule has 1 fully saturated rings. The third kappa shape index (κ3) is 5.56. The van der Waals surface area contributed by atoms with Crippen LogP contribution < -0.4 is 10.1 Å². The molecular formula is C21H28NO3+. The van der Waals surface area contributed by atoms with Gasteiger partial charge in [-0.15, -0.1) is 0 Å². The fourth-order valence-electron chi connectivity index (χ4n) is 3.32. The maximum absolute atomic E-state index is 10.1. The van der Waals surface area contributed by atoms with Gasteiger partial charge in [0.05, 0.1) is 12.1 Å². The van der Waals surface area contributed by atoms with E-state index in [0.29, 0.717) is 19.2 Å². The number of hydrogen-bond donors (Lipinski definition) is 3. The van der Waals surface area contributed by atoms with Gasteiger partial charge in [0.25, 0.3) is 0 Å². The van der Waals surface area contributed by atoms with Crippen molar-refractivity contribution in [3.05, 3.63) is 54.6 Å². The SMILES string of the molecule is OC1CCC([NH2+]C[C@H](O)COc2ccc(-c3ccccc3)cc2)CC1. The Morgan fingerprint density at radius 2 is 1.56 bits per heavy atom. The first-order valence-electron chi connectivity index (χ1n) is 9.18. The van der Waals surface area contributed by atoms with E-state index in [2.05, 4.69) is 17.4 Å². The molecule has 0 heterocycles. The number of hydrogen-bond acceptors (Lipinski definition) is 3. The molecule has 4 N–H and O–H groups in total. The summed E-state index contributed by atoms with van der Waals surface area (Å²) in [6, 6.07) is 18.7. The Morgan fingerprint density at radius 1 is 0.920 bits per heavy atom. The van der Waals surface area contributed by atoms with Gasteiger partial charge in [-0.25, -0.2) is 0 Å². The van der Waals surface area contributed by atoms with Crippen molar-refractivity contribution >= 4 is 0 Å². The van der Waals surface area contributed by atoms with Crippen LogP contribution >= 0.6 is 0 Å². The summed E-state index contributed by atoms with van der Waals surface area (Å²) in [4.78, 5) is 0. The second-order valence-electron chi connectivity index (χ2n) is 6.90. The minimum atomic E-state index is -0.486. The first-order valence-corrected chi connectivity index (χ1v) is 9.18. The van der Waals surface area contributed by atoms with E-state index in [0.717, 1.165) is 37.0 Å². The predicted molar refractivity (Wildman–Crippen MR) is 98.4 cm³/mol. The van der Waals surface area contributed by atoms with Crippen LogP contribution in [-0.4, -0.2) is 41.6 Å². The average Bonchev–Trinajstić information content (AvgIpc) is 2.67. The second kappa shape index (κ2) is 8.99. The van der Waals surface area contributed by atoms with E-state index >= 15 is 0 Å². The molecule has 0 spiro atoms. The van der Waals surface area contributed by atoms with Crippen LogP contribution in [0.15, 0.2) is 54.6 Å². The average molecular weight is 342 g/mol. The van der Waals surface area contributed by atoms with Gasteiger partial charge in [-0.3, -0.25) is 0 Å². The second-order valence-corrected chi connectivity index (χ2v) is 6.90. The Morgan fingerprint density at radius 3 is 2.24 bits per heavy atom. The number of aliphatic hydroxyl groups is 2. The van der Waals surface area contributed by atoms with Crippen LogP contribution in [0, 0.1) is 0 Å². The number of benzene rings is 2. The minimum Gasteiger partial charge on any atom is -0.491 e. The van der Waals surface area contributed by atoms with E-state index < -0.39 is 6.10 Å². The van der Waals surface area contributed by atoms with Crippen molar-refractivity contribution in [2.75, 3.05) is 13.2 Å². The lowest BCUT2D eigenvalue weighted by molar-refractivity contribution is -0.697. The number of quaternary nitrogens is 1. The molecule has 0 bridgehead atoms. The Hall–Kier alpha value is -1.88. The molecule has 0 aromatic heterocycles. The molecule has 25 heavy (non-hydrogen) atoms. The molecule has 3 rings (SSSR count). The van der Waals surface area contributed by atoms with Gasteiger partial charge in [0.2, 0.25) is 0 Å². The summed E-state index contributed by atoms with van der Waals surface area (Å²) in [5.74, 6) is 0.777. The van der Waals surface area contributed by atoms with Crippen LogP contribution in [0.5, 0.6) is 5.75 Å². The molecule has 0 aliphatic heterocycles. The first-order chi connectivity index (χ1) is 12.2. The lowest BCUT2D eigenvalue weighted by atomic mass is 9.93. The first kappa shape index (κ1) is 17.9. The summed E-state index contributed by atoms with van der Waals surface area (Å²) in [5.41, 5.74) is 2.34. The number of rotatable bonds is 7. The summed E-state index contributed by atoms with van der Waals surface area (Å²) in [7, 11) is 0. The van der Waals surface area contributed by atoms with Gasteiger partial charge in [-0.05, 0) is 36.1 Å². The molecule has 2 aromatic rings. The fourth-order valence-corrected chi connectivity index (χ4v) is 3.32. The van der Waals surface area contributed by atoms with E-state index in [1.165, 1.54) is 5.56 Å². The maximum Gasteiger partial charge on any atom is 0.137 e. The van der Waals surface area contributed by atoms with Gasteiger partial charge >= 0.3 is 0 Å². The number of ether oxygens (including phenoxy) is 1. The Bertz CT molecular complexity index is 621. The Balaban J connectivity index is 1.40. The van der Waals surface area contributed by atoms with Crippen molar-refractivity contribution in [3.8, 4) is 16.9 Å². The molecule has 1 saturated carbocycles. The molecule has 2 aromatic carbocycles. The van der Waals surface area contributed by atoms with Gasteiger partial charge in [0.15, 0.2) is 0 Å². The topological polar surface area (TPSA) is 66.3 Å². The largest absolute Gasteiger partial charge is 0.491 e. The zero-order valence-corrected chi connectivity index (χ0v) is 14.6. The van der Waals surface area contributed by atoms with Crippen molar-refractivity contribution < 1.29 is 20.3 Å². The van der Waals surface area contributed by atoms with Crippen molar-refractivity contribution in [2.24, 2.45) is 0 Å². The smallest absolute Gasteiger partial charge is 0.137 e. The zero-order chi connectivity index (χ0) is 17.5.